The van der Waals surface area contributed by atoms with Gasteiger partial charge in [0.25, 0.3) is 0 Å². The average Bonchev–Trinajstić information content (AvgIpc) is 3.09. The number of hydrogen-bond donors (Lipinski definition) is 1. The summed E-state index contributed by atoms with van der Waals surface area (Å²) >= 11 is 0. The lowest BCUT2D eigenvalue weighted by atomic mass is 10.0. The number of hydrogen-bond acceptors (Lipinski definition) is 4. The minimum Gasteiger partial charge on any atom is -0.487 e. The first kappa shape index (κ1) is 16.2. The van der Waals surface area contributed by atoms with Crippen LogP contribution in [0.15, 0.2) is 67.1 Å². The Kier molecular flexibility index (Phi) is 4.33. The molecule has 5 nitrogen and oxygen atoms in total. The molecule has 2 aromatic heterocycles. The van der Waals surface area contributed by atoms with Gasteiger partial charge < -0.3 is 9.84 Å². The van der Waals surface area contributed by atoms with Crippen molar-refractivity contribution in [3.05, 3.63) is 84.2 Å². The molecule has 4 aromatic rings. The molecule has 0 aliphatic rings. The minimum absolute atomic E-state index is 0.245. The number of aliphatic hydroxyl groups is 1. The number of fused-ring (bicyclic) bond motifs is 1. The van der Waals surface area contributed by atoms with E-state index in [-0.39, 0.29) is 12.4 Å². The van der Waals surface area contributed by atoms with Crippen LogP contribution in [0.2, 0.25) is 0 Å². The molecule has 26 heavy (non-hydrogen) atoms. The molecule has 0 unspecified atom stereocenters. The summed E-state index contributed by atoms with van der Waals surface area (Å²) in [6.07, 6.45) is 5.36. The van der Waals surface area contributed by atoms with E-state index in [0.717, 1.165) is 22.6 Å². The number of aromatic nitrogens is 3. The van der Waals surface area contributed by atoms with E-state index < -0.39 is 0 Å². The normalized spacial score (nSPS) is 11.0. The van der Waals surface area contributed by atoms with Crippen molar-refractivity contribution in [2.24, 2.45) is 0 Å². The number of imidazole rings is 1. The molecular formula is C20H16FN3O2. The molecule has 0 saturated heterocycles. The van der Waals surface area contributed by atoms with Crippen LogP contribution in [0.5, 0.6) is 5.75 Å². The molecule has 130 valence electrons. The van der Waals surface area contributed by atoms with Gasteiger partial charge in [-0.2, -0.15) is 0 Å². The fourth-order valence-electron chi connectivity index (χ4n) is 2.79. The molecule has 6 heteroatoms. The zero-order valence-electron chi connectivity index (χ0n) is 13.8. The number of para-hydroxylation sites is 1. The van der Waals surface area contributed by atoms with E-state index in [2.05, 4.69) is 9.97 Å². The van der Waals surface area contributed by atoms with E-state index in [4.69, 9.17) is 4.74 Å². The van der Waals surface area contributed by atoms with Gasteiger partial charge in [-0.15, -0.1) is 0 Å². The third-order valence-corrected chi connectivity index (χ3v) is 4.04. The number of benzene rings is 2. The molecule has 1 N–H and O–H groups in total. The fourth-order valence-corrected chi connectivity index (χ4v) is 2.79. The molecule has 0 amide bonds. The smallest absolute Gasteiger partial charge is 0.234 e. The molecule has 0 atom stereocenters. The Morgan fingerprint density at radius 2 is 1.92 bits per heavy atom. The minimum atomic E-state index is -0.380. The summed E-state index contributed by atoms with van der Waals surface area (Å²) in [6.45, 7) is 0.0897. The van der Waals surface area contributed by atoms with Crippen molar-refractivity contribution >= 4 is 5.78 Å². The molecule has 0 saturated carbocycles. The summed E-state index contributed by atoms with van der Waals surface area (Å²) in [6, 6.07) is 13.9. The summed E-state index contributed by atoms with van der Waals surface area (Å²) in [5.41, 5.74) is 2.77. The Balaban J connectivity index is 1.62. The van der Waals surface area contributed by atoms with Crippen molar-refractivity contribution in [3.63, 3.8) is 0 Å². The van der Waals surface area contributed by atoms with Gasteiger partial charge in [0, 0.05) is 24.2 Å². The second kappa shape index (κ2) is 6.93. The van der Waals surface area contributed by atoms with Crippen molar-refractivity contribution < 1.29 is 14.2 Å². The third kappa shape index (κ3) is 3.27. The number of ether oxygens (including phenoxy) is 1. The van der Waals surface area contributed by atoms with E-state index in [1.165, 1.54) is 12.1 Å². The van der Waals surface area contributed by atoms with Gasteiger partial charge in [0.15, 0.2) is 0 Å². The number of aliphatic hydroxyl groups excluding tert-OH is 1. The van der Waals surface area contributed by atoms with Gasteiger partial charge in [0.2, 0.25) is 5.78 Å². The van der Waals surface area contributed by atoms with Crippen molar-refractivity contribution in [1.29, 1.82) is 0 Å². The maximum absolute atomic E-state index is 13.4. The Morgan fingerprint density at radius 3 is 2.73 bits per heavy atom. The lowest BCUT2D eigenvalue weighted by Gasteiger charge is -2.07. The first-order valence-electron chi connectivity index (χ1n) is 8.14. The van der Waals surface area contributed by atoms with Gasteiger partial charge in [-0.3, -0.25) is 4.40 Å². The molecule has 0 fully saturated rings. The molecule has 0 bridgehead atoms. The highest BCUT2D eigenvalue weighted by atomic mass is 19.1. The standard InChI is InChI=1S/C20H16FN3O2/c21-16-6-7-19(14(8-16)12-25)15-9-22-20-23-17(11-24(20)10-15)13-26-18-4-2-1-3-5-18/h1-11,25H,12-13H2. The molecular weight excluding hydrogens is 333 g/mol. The third-order valence-electron chi connectivity index (χ3n) is 4.04. The van der Waals surface area contributed by atoms with E-state index in [0.29, 0.717) is 17.9 Å². The topological polar surface area (TPSA) is 59.7 Å². The Bertz CT molecular complexity index is 1050. The van der Waals surface area contributed by atoms with Gasteiger partial charge in [-0.25, -0.2) is 14.4 Å². The number of rotatable bonds is 5. The Labute approximate surface area is 149 Å². The maximum atomic E-state index is 13.4. The van der Waals surface area contributed by atoms with Crippen LogP contribution in [0.25, 0.3) is 16.9 Å². The lowest BCUT2D eigenvalue weighted by Crippen LogP contribution is -1.95. The summed E-state index contributed by atoms with van der Waals surface area (Å²) in [5.74, 6) is 0.944. The zero-order valence-corrected chi connectivity index (χ0v) is 13.8. The Morgan fingerprint density at radius 1 is 1.08 bits per heavy atom. The highest BCUT2D eigenvalue weighted by molar-refractivity contribution is 5.66. The molecule has 0 aliphatic heterocycles. The second-order valence-corrected chi connectivity index (χ2v) is 5.84. The highest BCUT2D eigenvalue weighted by Crippen LogP contribution is 2.24. The van der Waals surface area contributed by atoms with Crippen LogP contribution in [0.1, 0.15) is 11.3 Å². The van der Waals surface area contributed by atoms with Gasteiger partial charge in [0.1, 0.15) is 18.2 Å². The first-order valence-corrected chi connectivity index (χ1v) is 8.14. The van der Waals surface area contributed by atoms with Crippen LogP contribution in [0, 0.1) is 5.82 Å². The van der Waals surface area contributed by atoms with E-state index in [1.807, 2.05) is 42.7 Å². The van der Waals surface area contributed by atoms with E-state index >= 15 is 0 Å². The van der Waals surface area contributed by atoms with Gasteiger partial charge in [-0.05, 0) is 35.4 Å². The lowest BCUT2D eigenvalue weighted by molar-refractivity contribution is 0.282. The summed E-state index contributed by atoms with van der Waals surface area (Å²) < 4.78 is 20.9. The van der Waals surface area contributed by atoms with Gasteiger partial charge in [-0.1, -0.05) is 24.3 Å². The molecule has 0 spiro atoms. The van der Waals surface area contributed by atoms with E-state index in [1.54, 1.807) is 16.7 Å². The van der Waals surface area contributed by atoms with Crippen molar-refractivity contribution in [2.75, 3.05) is 0 Å². The number of halogens is 1. The fraction of sp³-hybridized carbons (Fsp3) is 0.100. The van der Waals surface area contributed by atoms with E-state index in [9.17, 15) is 9.50 Å². The molecule has 0 radical (unpaired) electrons. The predicted molar refractivity (Wildman–Crippen MR) is 95.1 cm³/mol. The van der Waals surface area contributed by atoms with Crippen LogP contribution in [0.3, 0.4) is 0 Å². The van der Waals surface area contributed by atoms with Crippen molar-refractivity contribution in [3.8, 4) is 16.9 Å². The summed E-state index contributed by atoms with van der Waals surface area (Å²) in [5, 5.41) is 9.48. The van der Waals surface area contributed by atoms with Crippen LogP contribution < -0.4 is 4.74 Å². The summed E-state index contributed by atoms with van der Waals surface area (Å²) in [7, 11) is 0. The summed E-state index contributed by atoms with van der Waals surface area (Å²) in [4.78, 5) is 8.79. The molecule has 4 rings (SSSR count). The van der Waals surface area contributed by atoms with Gasteiger partial charge >= 0.3 is 0 Å². The number of nitrogens with zero attached hydrogens (tertiary/aromatic N) is 3. The molecule has 0 aliphatic carbocycles. The molecule has 2 aromatic carbocycles. The van der Waals surface area contributed by atoms with Crippen LogP contribution in [-0.4, -0.2) is 19.5 Å². The first-order chi connectivity index (χ1) is 12.7. The second-order valence-electron chi connectivity index (χ2n) is 5.84. The van der Waals surface area contributed by atoms with Crippen molar-refractivity contribution in [1.82, 2.24) is 14.4 Å². The molecule has 2 heterocycles. The zero-order chi connectivity index (χ0) is 17.9. The SMILES string of the molecule is OCc1cc(F)ccc1-c1cnc2nc(COc3ccccc3)cn2c1. The van der Waals surface area contributed by atoms with Crippen molar-refractivity contribution in [2.45, 2.75) is 13.2 Å². The predicted octanol–water partition coefficient (Wildman–Crippen LogP) is 3.61. The van der Waals surface area contributed by atoms with Crippen LogP contribution in [-0.2, 0) is 13.2 Å². The monoisotopic (exact) mass is 349 g/mol. The van der Waals surface area contributed by atoms with Crippen LogP contribution in [0.4, 0.5) is 4.39 Å². The largest absolute Gasteiger partial charge is 0.487 e. The quantitative estimate of drug-likeness (QED) is 0.598. The van der Waals surface area contributed by atoms with Crippen LogP contribution >= 0.6 is 0 Å². The Hall–Kier alpha value is -3.25. The average molecular weight is 349 g/mol. The highest BCUT2D eigenvalue weighted by Gasteiger charge is 2.09. The maximum Gasteiger partial charge on any atom is 0.234 e. The van der Waals surface area contributed by atoms with Gasteiger partial charge in [0.05, 0.1) is 12.3 Å².